The van der Waals surface area contributed by atoms with Gasteiger partial charge < -0.3 is 35.4 Å². The molecular formula is C11H10NO6-3. The van der Waals surface area contributed by atoms with Crippen molar-refractivity contribution in [3.8, 4) is 0 Å². The number of carbonyl (C=O) groups is 3. The van der Waals surface area contributed by atoms with Crippen molar-refractivity contribution in [3.05, 3.63) is 35.4 Å². The van der Waals surface area contributed by atoms with E-state index in [-0.39, 0.29) is 6.42 Å². The SMILES string of the molecule is NCc1ccccc1CC(=O)[O-].O=C([O-])C(=O)[O-]. The second-order valence-electron chi connectivity index (χ2n) is 3.10. The molecule has 98 valence electrons. The molecule has 0 saturated carbocycles. The summed E-state index contributed by atoms with van der Waals surface area (Å²) in [7, 11) is 0. The lowest BCUT2D eigenvalue weighted by Gasteiger charge is -2.07. The Morgan fingerprint density at radius 1 is 0.944 bits per heavy atom. The van der Waals surface area contributed by atoms with Crippen LogP contribution in [0.2, 0.25) is 0 Å². The maximum Gasteiger partial charge on any atom is 0.0870 e. The highest BCUT2D eigenvalue weighted by molar-refractivity contribution is 6.25. The Kier molecular flexibility index (Phi) is 6.75. The fourth-order valence-electron chi connectivity index (χ4n) is 1.08. The van der Waals surface area contributed by atoms with Crippen LogP contribution in [0.1, 0.15) is 11.1 Å². The Bertz CT molecular complexity index is 431. The highest BCUT2D eigenvalue weighted by atomic mass is 16.4. The van der Waals surface area contributed by atoms with Crippen LogP contribution in [0.4, 0.5) is 0 Å². The van der Waals surface area contributed by atoms with Crippen molar-refractivity contribution < 1.29 is 29.7 Å². The zero-order valence-electron chi connectivity index (χ0n) is 9.25. The number of carboxylic acids is 3. The van der Waals surface area contributed by atoms with Crippen LogP contribution >= 0.6 is 0 Å². The lowest BCUT2D eigenvalue weighted by atomic mass is 10.1. The van der Waals surface area contributed by atoms with Gasteiger partial charge in [0.25, 0.3) is 0 Å². The largest absolute Gasteiger partial charge is 0.550 e. The number of carboxylic acid groups (broad SMARTS) is 3. The van der Waals surface area contributed by atoms with Gasteiger partial charge in [0.2, 0.25) is 0 Å². The minimum absolute atomic E-state index is 0.0621. The molecule has 7 nitrogen and oxygen atoms in total. The predicted octanol–water partition coefficient (Wildman–Crippen LogP) is -4.08. The number of rotatable bonds is 3. The van der Waals surface area contributed by atoms with Gasteiger partial charge in [0.15, 0.2) is 0 Å². The van der Waals surface area contributed by atoms with Crippen LogP contribution in [0, 0.1) is 0 Å². The Balaban J connectivity index is 0.000000411. The number of aliphatic carboxylic acids is 3. The van der Waals surface area contributed by atoms with Crippen molar-refractivity contribution in [2.45, 2.75) is 13.0 Å². The predicted molar refractivity (Wildman–Crippen MR) is 53.1 cm³/mol. The molecule has 0 unspecified atom stereocenters. The Hall–Kier alpha value is -2.41. The molecule has 0 amide bonds. The lowest BCUT2D eigenvalue weighted by Crippen LogP contribution is -2.42. The van der Waals surface area contributed by atoms with Crippen molar-refractivity contribution in [2.75, 3.05) is 0 Å². The molecule has 0 aliphatic heterocycles. The van der Waals surface area contributed by atoms with Gasteiger partial charge in [0.05, 0.1) is 11.9 Å². The van der Waals surface area contributed by atoms with Crippen LogP contribution in [0.25, 0.3) is 0 Å². The number of nitrogens with two attached hydrogens (primary N) is 1. The van der Waals surface area contributed by atoms with Gasteiger partial charge >= 0.3 is 0 Å². The van der Waals surface area contributed by atoms with Gasteiger partial charge in [0, 0.05) is 18.9 Å². The monoisotopic (exact) mass is 252 g/mol. The quantitative estimate of drug-likeness (QED) is 0.538. The molecule has 1 rings (SSSR count). The Morgan fingerprint density at radius 3 is 1.72 bits per heavy atom. The third-order valence-electron chi connectivity index (χ3n) is 1.84. The highest BCUT2D eigenvalue weighted by Crippen LogP contribution is 2.07. The number of hydrogen-bond donors (Lipinski definition) is 1. The van der Waals surface area contributed by atoms with E-state index in [2.05, 4.69) is 0 Å². The van der Waals surface area contributed by atoms with Crippen LogP contribution in [0.15, 0.2) is 24.3 Å². The first-order valence-electron chi connectivity index (χ1n) is 4.77. The highest BCUT2D eigenvalue weighted by Gasteiger charge is 1.98. The zero-order chi connectivity index (χ0) is 14.1. The summed E-state index contributed by atoms with van der Waals surface area (Å²) < 4.78 is 0. The minimum Gasteiger partial charge on any atom is -0.550 e. The molecule has 2 N–H and O–H groups in total. The average Bonchev–Trinajstić information content (AvgIpc) is 2.29. The van der Waals surface area contributed by atoms with E-state index in [0.717, 1.165) is 11.1 Å². The Morgan fingerprint density at radius 2 is 1.39 bits per heavy atom. The Labute approximate surface area is 102 Å². The average molecular weight is 252 g/mol. The molecule has 7 heteroatoms. The first-order chi connectivity index (χ1) is 8.38. The van der Waals surface area contributed by atoms with E-state index in [1.165, 1.54) is 0 Å². The molecule has 0 heterocycles. The van der Waals surface area contributed by atoms with E-state index >= 15 is 0 Å². The zero-order valence-corrected chi connectivity index (χ0v) is 9.25. The maximum absolute atomic E-state index is 10.3. The molecule has 0 saturated heterocycles. The van der Waals surface area contributed by atoms with Gasteiger partial charge in [-0.25, -0.2) is 0 Å². The smallest absolute Gasteiger partial charge is 0.0870 e. The third kappa shape index (κ3) is 6.23. The first kappa shape index (κ1) is 15.6. The summed E-state index contributed by atoms with van der Waals surface area (Å²) >= 11 is 0. The van der Waals surface area contributed by atoms with E-state index in [1.807, 2.05) is 12.1 Å². The molecule has 1 aromatic rings. The number of hydrogen-bond acceptors (Lipinski definition) is 7. The van der Waals surface area contributed by atoms with E-state index in [1.54, 1.807) is 12.1 Å². The molecule has 0 aliphatic carbocycles. The summed E-state index contributed by atoms with van der Waals surface area (Å²) in [6.07, 6.45) is -0.0621. The fraction of sp³-hybridized carbons (Fsp3) is 0.182. The van der Waals surface area contributed by atoms with Crippen molar-refractivity contribution >= 4 is 17.9 Å². The molecule has 0 atom stereocenters. The minimum atomic E-state index is -2.19. The summed E-state index contributed by atoms with van der Waals surface area (Å²) in [6.45, 7) is 0.365. The molecule has 0 aliphatic rings. The van der Waals surface area contributed by atoms with Gasteiger partial charge in [-0.1, -0.05) is 24.3 Å². The van der Waals surface area contributed by atoms with Crippen molar-refractivity contribution in [3.63, 3.8) is 0 Å². The molecule has 1 aromatic carbocycles. The van der Waals surface area contributed by atoms with E-state index < -0.39 is 17.9 Å². The summed E-state index contributed by atoms with van der Waals surface area (Å²) in [4.78, 5) is 28.1. The van der Waals surface area contributed by atoms with Crippen LogP contribution in [-0.4, -0.2) is 17.9 Å². The first-order valence-corrected chi connectivity index (χ1v) is 4.77. The van der Waals surface area contributed by atoms with Gasteiger partial charge in [-0.2, -0.15) is 0 Å². The normalized spacial score (nSPS) is 8.94. The number of carbonyl (C=O) groups excluding carboxylic acids is 3. The van der Waals surface area contributed by atoms with E-state index in [9.17, 15) is 9.90 Å². The molecular weight excluding hydrogens is 242 g/mol. The van der Waals surface area contributed by atoms with Gasteiger partial charge in [-0.15, -0.1) is 0 Å². The fourth-order valence-corrected chi connectivity index (χ4v) is 1.08. The van der Waals surface area contributed by atoms with Crippen molar-refractivity contribution in [2.24, 2.45) is 5.73 Å². The summed E-state index contributed by atoms with van der Waals surface area (Å²) in [5, 5.41) is 28.1. The molecule has 0 aromatic heterocycles. The molecule has 0 fully saturated rings. The van der Waals surface area contributed by atoms with Gasteiger partial charge in [-0.05, 0) is 11.1 Å². The van der Waals surface area contributed by atoms with Crippen LogP contribution in [0.5, 0.6) is 0 Å². The lowest BCUT2D eigenvalue weighted by molar-refractivity contribution is -0.345. The summed E-state index contributed by atoms with van der Waals surface area (Å²) in [5.41, 5.74) is 7.01. The van der Waals surface area contributed by atoms with Crippen molar-refractivity contribution in [1.82, 2.24) is 0 Å². The molecule has 18 heavy (non-hydrogen) atoms. The third-order valence-corrected chi connectivity index (χ3v) is 1.84. The standard InChI is InChI=1S/C9H11NO2.C2H2O4/c10-6-8-4-2-1-3-7(8)5-9(11)12;3-1(4)2(5)6/h1-4H,5-6,10H2,(H,11,12);(H,3,4)(H,5,6)/p-3. The molecule has 0 spiro atoms. The second kappa shape index (κ2) is 7.80. The maximum atomic E-state index is 10.3. The van der Waals surface area contributed by atoms with Gasteiger partial charge in [0.1, 0.15) is 0 Å². The van der Waals surface area contributed by atoms with Crippen LogP contribution < -0.4 is 21.1 Å². The second-order valence-corrected chi connectivity index (χ2v) is 3.10. The van der Waals surface area contributed by atoms with E-state index in [4.69, 9.17) is 25.5 Å². The molecule has 0 bridgehead atoms. The van der Waals surface area contributed by atoms with E-state index in [0.29, 0.717) is 6.54 Å². The van der Waals surface area contributed by atoms with Gasteiger partial charge in [-0.3, -0.25) is 0 Å². The summed E-state index contributed by atoms with van der Waals surface area (Å²) in [6, 6.07) is 7.19. The number of benzene rings is 1. The van der Waals surface area contributed by atoms with Crippen LogP contribution in [-0.2, 0) is 27.3 Å². The topological polar surface area (TPSA) is 146 Å². The van der Waals surface area contributed by atoms with Crippen LogP contribution in [0.3, 0.4) is 0 Å². The molecule has 0 radical (unpaired) electrons. The van der Waals surface area contributed by atoms with Crippen molar-refractivity contribution in [1.29, 1.82) is 0 Å². The summed E-state index contributed by atoms with van der Waals surface area (Å²) in [5.74, 6) is -5.44.